The first-order valence-electron chi connectivity index (χ1n) is 11.5. The van der Waals surface area contributed by atoms with Crippen molar-refractivity contribution in [3.8, 4) is 5.75 Å². The SMILES string of the molecule is O=C(c1ccncc1)N(Cc1ccc(OCCN2CCCCC2)cc1)C[C@H]1CCCO1. The van der Waals surface area contributed by atoms with Crippen LogP contribution in [-0.4, -0.2) is 66.2 Å². The van der Waals surface area contributed by atoms with Gasteiger partial charge in [-0.2, -0.15) is 0 Å². The highest BCUT2D eigenvalue weighted by Crippen LogP contribution is 2.19. The van der Waals surface area contributed by atoms with Gasteiger partial charge in [-0.25, -0.2) is 0 Å². The Labute approximate surface area is 185 Å². The molecule has 0 spiro atoms. The normalized spacial score (nSPS) is 19.3. The van der Waals surface area contributed by atoms with Gasteiger partial charge in [0, 0.05) is 44.2 Å². The topological polar surface area (TPSA) is 54.9 Å². The van der Waals surface area contributed by atoms with E-state index >= 15 is 0 Å². The zero-order valence-corrected chi connectivity index (χ0v) is 18.2. The summed E-state index contributed by atoms with van der Waals surface area (Å²) in [4.78, 5) is 21.5. The van der Waals surface area contributed by atoms with Gasteiger partial charge in [-0.15, -0.1) is 0 Å². The number of likely N-dealkylation sites (tertiary alicyclic amines) is 1. The van der Waals surface area contributed by atoms with Gasteiger partial charge >= 0.3 is 0 Å². The van der Waals surface area contributed by atoms with E-state index in [1.807, 2.05) is 17.0 Å². The lowest BCUT2D eigenvalue weighted by atomic mass is 10.1. The largest absolute Gasteiger partial charge is 0.492 e. The Hall–Kier alpha value is -2.44. The van der Waals surface area contributed by atoms with E-state index in [0.717, 1.165) is 37.3 Å². The lowest BCUT2D eigenvalue weighted by Gasteiger charge is -2.26. The number of nitrogens with zero attached hydrogens (tertiary/aromatic N) is 3. The number of carbonyl (C=O) groups is 1. The fourth-order valence-corrected chi connectivity index (χ4v) is 4.32. The molecule has 0 unspecified atom stereocenters. The van der Waals surface area contributed by atoms with Crippen molar-refractivity contribution in [2.75, 3.05) is 39.4 Å². The Balaban J connectivity index is 1.33. The molecule has 0 saturated carbocycles. The summed E-state index contributed by atoms with van der Waals surface area (Å²) >= 11 is 0. The van der Waals surface area contributed by atoms with Crippen LogP contribution < -0.4 is 4.74 Å². The zero-order valence-electron chi connectivity index (χ0n) is 18.2. The summed E-state index contributed by atoms with van der Waals surface area (Å²) in [6, 6.07) is 11.7. The van der Waals surface area contributed by atoms with Crippen molar-refractivity contribution in [2.45, 2.75) is 44.8 Å². The molecule has 1 amide bonds. The molecule has 0 N–H and O–H groups in total. The number of ether oxygens (including phenoxy) is 2. The predicted octanol–water partition coefficient (Wildman–Crippen LogP) is 3.77. The smallest absolute Gasteiger partial charge is 0.254 e. The molecular formula is C25H33N3O3. The average Bonchev–Trinajstić information content (AvgIpc) is 3.34. The van der Waals surface area contributed by atoms with E-state index in [2.05, 4.69) is 22.0 Å². The van der Waals surface area contributed by atoms with Crippen molar-refractivity contribution >= 4 is 5.91 Å². The van der Waals surface area contributed by atoms with E-state index < -0.39 is 0 Å². The van der Waals surface area contributed by atoms with Gasteiger partial charge in [0.25, 0.3) is 5.91 Å². The van der Waals surface area contributed by atoms with Gasteiger partial charge in [-0.05, 0) is 68.6 Å². The first-order chi connectivity index (χ1) is 15.3. The van der Waals surface area contributed by atoms with Crippen molar-refractivity contribution in [2.24, 2.45) is 0 Å². The molecule has 3 heterocycles. The van der Waals surface area contributed by atoms with E-state index in [4.69, 9.17) is 9.47 Å². The molecule has 6 heteroatoms. The van der Waals surface area contributed by atoms with E-state index in [0.29, 0.717) is 25.3 Å². The highest BCUT2D eigenvalue weighted by atomic mass is 16.5. The third-order valence-corrected chi connectivity index (χ3v) is 6.08. The number of hydrogen-bond acceptors (Lipinski definition) is 5. The minimum absolute atomic E-state index is 0.0137. The van der Waals surface area contributed by atoms with E-state index in [1.54, 1.807) is 24.5 Å². The molecule has 6 nitrogen and oxygen atoms in total. The first-order valence-corrected chi connectivity index (χ1v) is 11.5. The van der Waals surface area contributed by atoms with Crippen molar-refractivity contribution in [1.82, 2.24) is 14.8 Å². The highest BCUT2D eigenvalue weighted by Gasteiger charge is 2.23. The van der Waals surface area contributed by atoms with Gasteiger partial charge in [0.2, 0.25) is 0 Å². The van der Waals surface area contributed by atoms with Gasteiger partial charge in [0.1, 0.15) is 12.4 Å². The van der Waals surface area contributed by atoms with Gasteiger partial charge < -0.3 is 14.4 Å². The number of carbonyl (C=O) groups excluding carboxylic acids is 1. The van der Waals surface area contributed by atoms with Crippen LogP contribution in [0.4, 0.5) is 0 Å². The van der Waals surface area contributed by atoms with Crippen LogP contribution in [0.5, 0.6) is 5.75 Å². The molecule has 0 bridgehead atoms. The second-order valence-electron chi connectivity index (χ2n) is 8.45. The number of piperidine rings is 1. The minimum atomic E-state index is 0.0137. The summed E-state index contributed by atoms with van der Waals surface area (Å²) in [6.45, 7) is 6.01. The molecule has 2 saturated heterocycles. The molecule has 1 atom stereocenters. The standard InChI is InChI=1S/C25H33N3O3/c29-25(22-10-12-26-13-11-22)28(20-24-5-4-17-30-24)19-21-6-8-23(9-7-21)31-18-16-27-14-2-1-3-15-27/h6-13,24H,1-5,14-20H2/t24-/m1/s1. The maximum atomic E-state index is 13.1. The van der Waals surface area contributed by atoms with E-state index in [1.165, 1.54) is 32.4 Å². The van der Waals surface area contributed by atoms with E-state index in [9.17, 15) is 4.79 Å². The van der Waals surface area contributed by atoms with Gasteiger partial charge in [0.15, 0.2) is 0 Å². The number of aromatic nitrogens is 1. The van der Waals surface area contributed by atoms with Crippen LogP contribution in [-0.2, 0) is 11.3 Å². The molecule has 2 aliphatic heterocycles. The zero-order chi connectivity index (χ0) is 21.3. The van der Waals surface area contributed by atoms with Crippen LogP contribution in [0.25, 0.3) is 0 Å². The number of hydrogen-bond donors (Lipinski definition) is 0. The summed E-state index contributed by atoms with van der Waals surface area (Å²) in [5.74, 6) is 0.895. The van der Waals surface area contributed by atoms with Crippen molar-refractivity contribution in [3.63, 3.8) is 0 Å². The van der Waals surface area contributed by atoms with Crippen molar-refractivity contribution in [3.05, 3.63) is 59.9 Å². The Kier molecular flexibility index (Phi) is 7.91. The molecule has 2 aliphatic rings. The first kappa shape index (κ1) is 21.8. The van der Waals surface area contributed by atoms with Crippen LogP contribution in [0.3, 0.4) is 0 Å². The third kappa shape index (κ3) is 6.52. The average molecular weight is 424 g/mol. The lowest BCUT2D eigenvalue weighted by Crippen LogP contribution is -2.37. The van der Waals surface area contributed by atoms with Crippen LogP contribution >= 0.6 is 0 Å². The van der Waals surface area contributed by atoms with Crippen LogP contribution in [0.1, 0.15) is 48.0 Å². The summed E-state index contributed by atoms with van der Waals surface area (Å²) in [7, 11) is 0. The van der Waals surface area contributed by atoms with Gasteiger partial charge in [-0.1, -0.05) is 18.6 Å². The molecular weight excluding hydrogens is 390 g/mol. The maximum Gasteiger partial charge on any atom is 0.254 e. The second kappa shape index (κ2) is 11.3. The fraction of sp³-hybridized carbons (Fsp3) is 0.520. The molecule has 1 aromatic heterocycles. The summed E-state index contributed by atoms with van der Waals surface area (Å²) in [5, 5.41) is 0. The van der Waals surface area contributed by atoms with Crippen LogP contribution in [0, 0.1) is 0 Å². The van der Waals surface area contributed by atoms with E-state index in [-0.39, 0.29) is 12.0 Å². The quantitative estimate of drug-likeness (QED) is 0.615. The Bertz CT molecular complexity index is 801. The molecule has 2 aromatic rings. The molecule has 0 radical (unpaired) electrons. The summed E-state index contributed by atoms with van der Waals surface area (Å²) in [5.41, 5.74) is 1.74. The number of rotatable bonds is 9. The number of pyridine rings is 1. The predicted molar refractivity (Wildman–Crippen MR) is 120 cm³/mol. The molecule has 1 aromatic carbocycles. The van der Waals surface area contributed by atoms with Crippen molar-refractivity contribution in [1.29, 1.82) is 0 Å². The molecule has 4 rings (SSSR count). The highest BCUT2D eigenvalue weighted by molar-refractivity contribution is 5.94. The lowest BCUT2D eigenvalue weighted by molar-refractivity contribution is 0.0507. The molecule has 0 aliphatic carbocycles. The number of benzene rings is 1. The monoisotopic (exact) mass is 423 g/mol. The summed E-state index contributed by atoms with van der Waals surface area (Å²) < 4.78 is 11.7. The third-order valence-electron chi connectivity index (χ3n) is 6.08. The Morgan fingerprint density at radius 1 is 1.06 bits per heavy atom. The van der Waals surface area contributed by atoms with Crippen molar-refractivity contribution < 1.29 is 14.3 Å². The Morgan fingerprint density at radius 2 is 1.84 bits per heavy atom. The molecule has 166 valence electrons. The Morgan fingerprint density at radius 3 is 2.55 bits per heavy atom. The molecule has 2 fully saturated rings. The second-order valence-corrected chi connectivity index (χ2v) is 8.45. The van der Waals surface area contributed by atoms with Crippen LogP contribution in [0.2, 0.25) is 0 Å². The fourth-order valence-electron chi connectivity index (χ4n) is 4.32. The summed E-state index contributed by atoms with van der Waals surface area (Å²) in [6.07, 6.45) is 9.45. The molecule has 31 heavy (non-hydrogen) atoms. The van der Waals surface area contributed by atoms with Gasteiger partial charge in [-0.3, -0.25) is 14.7 Å². The maximum absolute atomic E-state index is 13.1. The van der Waals surface area contributed by atoms with Gasteiger partial charge in [0.05, 0.1) is 6.10 Å². The van der Waals surface area contributed by atoms with Crippen LogP contribution in [0.15, 0.2) is 48.8 Å². The minimum Gasteiger partial charge on any atom is -0.492 e. The number of amides is 1.